The minimum absolute atomic E-state index is 0.0110. The molecule has 2 aromatic rings. The maximum atomic E-state index is 11.5. The van der Waals surface area contributed by atoms with Gasteiger partial charge in [0.1, 0.15) is 12.4 Å². The van der Waals surface area contributed by atoms with Crippen molar-refractivity contribution in [3.63, 3.8) is 0 Å². The van der Waals surface area contributed by atoms with Crippen molar-refractivity contribution < 1.29 is 14.6 Å². The molecule has 0 aliphatic heterocycles. The van der Waals surface area contributed by atoms with Crippen molar-refractivity contribution in [2.45, 2.75) is 6.61 Å². The summed E-state index contributed by atoms with van der Waals surface area (Å²) in [6.45, 7) is 0.259. The second-order valence-electron chi connectivity index (χ2n) is 4.56. The van der Waals surface area contributed by atoms with E-state index in [0.29, 0.717) is 11.1 Å². The molecule has 0 aliphatic carbocycles. The quantitative estimate of drug-likeness (QED) is 0.854. The SMILES string of the molecule is N#Cc1ccc(O)c(C#CCNC(=O)OCc2ccccc2)c1. The number of nitriles is 1. The van der Waals surface area contributed by atoms with Crippen LogP contribution in [0.4, 0.5) is 4.79 Å². The van der Waals surface area contributed by atoms with Gasteiger partial charge < -0.3 is 15.2 Å². The first-order chi connectivity index (χ1) is 11.2. The van der Waals surface area contributed by atoms with E-state index in [-0.39, 0.29) is 18.9 Å². The summed E-state index contributed by atoms with van der Waals surface area (Å²) in [4.78, 5) is 11.5. The summed E-state index contributed by atoms with van der Waals surface area (Å²) in [7, 11) is 0. The number of nitrogens with one attached hydrogen (secondary N) is 1. The Morgan fingerprint density at radius 3 is 2.74 bits per heavy atom. The first-order valence-corrected chi connectivity index (χ1v) is 6.85. The Kier molecular flexibility index (Phi) is 5.62. The fourth-order valence-electron chi connectivity index (χ4n) is 1.74. The fraction of sp³-hybridized carbons (Fsp3) is 0.111. The van der Waals surface area contributed by atoms with Crippen molar-refractivity contribution in [1.29, 1.82) is 5.26 Å². The molecule has 0 saturated heterocycles. The lowest BCUT2D eigenvalue weighted by Gasteiger charge is -2.04. The Hall–Kier alpha value is -3.44. The average Bonchev–Trinajstić information content (AvgIpc) is 2.59. The number of phenolic OH excluding ortho intramolecular Hbond substituents is 1. The molecule has 114 valence electrons. The van der Waals surface area contributed by atoms with Gasteiger partial charge in [-0.25, -0.2) is 4.79 Å². The molecule has 2 N–H and O–H groups in total. The smallest absolute Gasteiger partial charge is 0.408 e. The average molecular weight is 306 g/mol. The monoisotopic (exact) mass is 306 g/mol. The van der Waals surface area contributed by atoms with Gasteiger partial charge in [-0.05, 0) is 23.8 Å². The van der Waals surface area contributed by atoms with Gasteiger partial charge in [-0.2, -0.15) is 5.26 Å². The number of phenols is 1. The molecule has 0 aliphatic rings. The summed E-state index contributed by atoms with van der Waals surface area (Å²) in [5.74, 6) is 5.38. The van der Waals surface area contributed by atoms with Crippen LogP contribution in [-0.2, 0) is 11.3 Å². The van der Waals surface area contributed by atoms with E-state index in [1.807, 2.05) is 36.4 Å². The molecule has 0 radical (unpaired) electrons. The Labute approximate surface area is 134 Å². The zero-order chi connectivity index (χ0) is 16.5. The zero-order valence-corrected chi connectivity index (χ0v) is 12.2. The Balaban J connectivity index is 1.81. The number of ether oxygens (including phenoxy) is 1. The van der Waals surface area contributed by atoms with Crippen LogP contribution in [0.25, 0.3) is 0 Å². The Bertz CT molecular complexity index is 783. The van der Waals surface area contributed by atoms with E-state index in [1.165, 1.54) is 18.2 Å². The molecule has 0 bridgehead atoms. The molecule has 5 nitrogen and oxygen atoms in total. The molecule has 0 aromatic heterocycles. The Morgan fingerprint density at radius 1 is 1.22 bits per heavy atom. The van der Waals surface area contributed by atoms with Crippen LogP contribution in [0.3, 0.4) is 0 Å². The molecule has 2 aromatic carbocycles. The normalized spacial score (nSPS) is 9.17. The highest BCUT2D eigenvalue weighted by atomic mass is 16.5. The molecule has 0 atom stereocenters. The van der Waals surface area contributed by atoms with Gasteiger partial charge in [-0.15, -0.1) is 0 Å². The molecule has 0 fully saturated rings. The topological polar surface area (TPSA) is 82.4 Å². The maximum absolute atomic E-state index is 11.5. The minimum Gasteiger partial charge on any atom is -0.507 e. The van der Waals surface area contributed by atoms with Gasteiger partial charge in [-0.1, -0.05) is 42.2 Å². The van der Waals surface area contributed by atoms with Crippen molar-refractivity contribution >= 4 is 6.09 Å². The van der Waals surface area contributed by atoms with Crippen molar-refractivity contribution in [1.82, 2.24) is 5.32 Å². The minimum atomic E-state index is -0.571. The van der Waals surface area contributed by atoms with Crippen LogP contribution in [0.15, 0.2) is 48.5 Å². The fourth-order valence-corrected chi connectivity index (χ4v) is 1.74. The largest absolute Gasteiger partial charge is 0.507 e. The predicted molar refractivity (Wildman–Crippen MR) is 84.3 cm³/mol. The van der Waals surface area contributed by atoms with Crippen molar-refractivity contribution in [2.24, 2.45) is 0 Å². The van der Waals surface area contributed by atoms with Crippen molar-refractivity contribution in [3.05, 3.63) is 65.2 Å². The Morgan fingerprint density at radius 2 is 2.00 bits per heavy atom. The molecule has 1 amide bonds. The third-order valence-corrected chi connectivity index (χ3v) is 2.88. The summed E-state index contributed by atoms with van der Waals surface area (Å²) >= 11 is 0. The summed E-state index contributed by atoms with van der Waals surface area (Å²) in [5, 5.41) is 20.9. The number of hydrogen-bond acceptors (Lipinski definition) is 4. The van der Waals surface area contributed by atoms with E-state index in [2.05, 4.69) is 17.2 Å². The van der Waals surface area contributed by atoms with E-state index in [9.17, 15) is 9.90 Å². The van der Waals surface area contributed by atoms with E-state index >= 15 is 0 Å². The summed E-state index contributed by atoms with van der Waals surface area (Å²) in [6, 6.07) is 15.7. The summed E-state index contributed by atoms with van der Waals surface area (Å²) < 4.78 is 5.03. The number of alkyl carbamates (subject to hydrolysis) is 1. The number of rotatable bonds is 3. The number of aromatic hydroxyl groups is 1. The van der Waals surface area contributed by atoms with E-state index < -0.39 is 6.09 Å². The van der Waals surface area contributed by atoms with Crippen LogP contribution in [0, 0.1) is 23.2 Å². The van der Waals surface area contributed by atoms with Gasteiger partial charge in [-0.3, -0.25) is 0 Å². The molecule has 23 heavy (non-hydrogen) atoms. The number of carbonyl (C=O) groups excluding carboxylic acids is 1. The third kappa shape index (κ3) is 5.11. The first-order valence-electron chi connectivity index (χ1n) is 6.85. The number of nitrogens with zero attached hydrogens (tertiary/aromatic N) is 1. The van der Waals surface area contributed by atoms with Gasteiger partial charge in [0.25, 0.3) is 0 Å². The lowest BCUT2D eigenvalue weighted by atomic mass is 10.1. The zero-order valence-electron chi connectivity index (χ0n) is 12.2. The van der Waals surface area contributed by atoms with Crippen LogP contribution < -0.4 is 5.32 Å². The highest BCUT2D eigenvalue weighted by Gasteiger charge is 2.01. The number of amides is 1. The van der Waals surface area contributed by atoms with Crippen LogP contribution in [0.1, 0.15) is 16.7 Å². The van der Waals surface area contributed by atoms with Gasteiger partial charge in [0.2, 0.25) is 0 Å². The van der Waals surface area contributed by atoms with Crippen molar-refractivity contribution in [2.75, 3.05) is 6.54 Å². The highest BCUT2D eigenvalue weighted by Crippen LogP contribution is 2.16. The molecule has 0 saturated carbocycles. The first kappa shape index (κ1) is 15.9. The van der Waals surface area contributed by atoms with Gasteiger partial charge in [0, 0.05) is 0 Å². The standard InChI is InChI=1S/C18H14N2O3/c19-12-15-8-9-17(21)16(11-15)7-4-10-20-18(22)23-13-14-5-2-1-3-6-14/h1-3,5-6,8-9,11,21H,10,13H2,(H,20,22). The number of benzene rings is 2. The van der Waals surface area contributed by atoms with Crippen LogP contribution >= 0.6 is 0 Å². The lowest BCUT2D eigenvalue weighted by molar-refractivity contribution is 0.141. The summed E-state index contributed by atoms with van der Waals surface area (Å²) in [5.41, 5.74) is 1.64. The van der Waals surface area contributed by atoms with Crippen LogP contribution in [-0.4, -0.2) is 17.7 Å². The molecular formula is C18H14N2O3. The van der Waals surface area contributed by atoms with Crippen molar-refractivity contribution in [3.8, 4) is 23.7 Å². The van der Waals surface area contributed by atoms with E-state index in [0.717, 1.165) is 5.56 Å². The third-order valence-electron chi connectivity index (χ3n) is 2.88. The number of hydrogen-bond donors (Lipinski definition) is 2. The van der Waals surface area contributed by atoms with Gasteiger partial charge in [0.05, 0.1) is 23.7 Å². The molecule has 5 heteroatoms. The lowest BCUT2D eigenvalue weighted by Crippen LogP contribution is -2.24. The second kappa shape index (κ2) is 8.11. The van der Waals surface area contributed by atoms with Gasteiger partial charge in [0.15, 0.2) is 0 Å². The van der Waals surface area contributed by atoms with E-state index in [1.54, 1.807) is 0 Å². The second-order valence-corrected chi connectivity index (χ2v) is 4.56. The molecule has 0 spiro atoms. The molecule has 0 unspecified atom stereocenters. The number of carbonyl (C=O) groups is 1. The molecular weight excluding hydrogens is 292 g/mol. The summed E-state index contributed by atoms with van der Waals surface area (Å²) in [6.07, 6.45) is -0.571. The van der Waals surface area contributed by atoms with E-state index in [4.69, 9.17) is 10.00 Å². The van der Waals surface area contributed by atoms with Crippen LogP contribution in [0.5, 0.6) is 5.75 Å². The predicted octanol–water partition coefficient (Wildman–Crippen LogP) is 2.54. The highest BCUT2D eigenvalue weighted by molar-refractivity contribution is 5.67. The van der Waals surface area contributed by atoms with Crippen LogP contribution in [0.2, 0.25) is 0 Å². The molecule has 2 rings (SSSR count). The maximum Gasteiger partial charge on any atom is 0.408 e. The molecule has 0 heterocycles. The van der Waals surface area contributed by atoms with Gasteiger partial charge >= 0.3 is 6.09 Å².